The van der Waals surface area contributed by atoms with Crippen molar-refractivity contribution in [3.8, 4) is 0 Å². The molecule has 0 aromatic rings. The summed E-state index contributed by atoms with van der Waals surface area (Å²) in [4.78, 5) is 11.2. The summed E-state index contributed by atoms with van der Waals surface area (Å²) in [5.41, 5.74) is 0. The molecule has 0 aliphatic carbocycles. The van der Waals surface area contributed by atoms with Gasteiger partial charge in [0.05, 0.1) is 5.75 Å². The summed E-state index contributed by atoms with van der Waals surface area (Å²) in [6.45, 7) is 0.786. The molecule has 0 fully saturated rings. The average Bonchev–Trinajstić information content (AvgIpc) is 2.19. The van der Waals surface area contributed by atoms with Crippen molar-refractivity contribution >= 4 is 15.7 Å². The Bertz CT molecular complexity index is 287. The number of carbonyl (C=O) groups excluding carboxylic acids is 1. The zero-order valence-corrected chi connectivity index (χ0v) is 10.6. The summed E-state index contributed by atoms with van der Waals surface area (Å²) in [6, 6.07) is 0. The zero-order chi connectivity index (χ0) is 12.4. The fraction of sp³-hybridized carbons (Fsp3) is 0.900. The molecule has 0 aliphatic heterocycles. The Morgan fingerprint density at radius 2 is 1.81 bits per heavy atom. The Balaban J connectivity index is 3.38. The van der Waals surface area contributed by atoms with E-state index in [-0.39, 0.29) is 24.7 Å². The van der Waals surface area contributed by atoms with Crippen LogP contribution >= 0.6 is 0 Å². The highest BCUT2D eigenvalue weighted by atomic mass is 32.2. The van der Waals surface area contributed by atoms with Gasteiger partial charge in [0.15, 0.2) is 0 Å². The Hall–Kier alpha value is -0.620. The molecule has 16 heavy (non-hydrogen) atoms. The summed E-state index contributed by atoms with van der Waals surface area (Å²) in [6.07, 6.45) is 4.74. The van der Waals surface area contributed by atoms with Gasteiger partial charge in [0.25, 0.3) is 0 Å². The maximum atomic E-state index is 11.2. The van der Waals surface area contributed by atoms with Crippen LogP contribution in [-0.4, -0.2) is 44.6 Å². The highest BCUT2D eigenvalue weighted by Crippen LogP contribution is 1.97. The predicted molar refractivity (Wildman–Crippen MR) is 62.9 cm³/mol. The van der Waals surface area contributed by atoms with E-state index < -0.39 is 9.84 Å². The van der Waals surface area contributed by atoms with Crippen LogP contribution in [0.15, 0.2) is 0 Å². The summed E-state index contributed by atoms with van der Waals surface area (Å²) >= 11 is 0. The predicted octanol–water partition coefficient (Wildman–Crippen LogP) is 0.0900. The maximum Gasteiger partial charge on any atom is 0.221 e. The third-order valence-electron chi connectivity index (χ3n) is 2.11. The van der Waals surface area contributed by atoms with Crippen molar-refractivity contribution in [1.29, 1.82) is 0 Å². The SMILES string of the molecule is CS(=O)(=O)CCC(=O)NCCCCCCO. The molecule has 0 aromatic carbocycles. The molecule has 0 aromatic heterocycles. The molecule has 0 heterocycles. The molecule has 0 bridgehead atoms. The molecule has 0 spiro atoms. The molecule has 6 heteroatoms. The van der Waals surface area contributed by atoms with Crippen LogP contribution in [-0.2, 0) is 14.6 Å². The average molecular weight is 251 g/mol. The van der Waals surface area contributed by atoms with Gasteiger partial charge in [-0.2, -0.15) is 0 Å². The number of aliphatic hydroxyl groups excluding tert-OH is 1. The number of unbranched alkanes of at least 4 members (excludes halogenated alkanes) is 3. The lowest BCUT2D eigenvalue weighted by Crippen LogP contribution is -2.26. The molecule has 0 saturated carbocycles. The monoisotopic (exact) mass is 251 g/mol. The minimum Gasteiger partial charge on any atom is -0.396 e. The molecule has 0 saturated heterocycles. The number of carbonyl (C=O) groups is 1. The second-order valence-corrected chi connectivity index (χ2v) is 6.13. The van der Waals surface area contributed by atoms with Gasteiger partial charge in [-0.3, -0.25) is 4.79 Å². The van der Waals surface area contributed by atoms with Crippen LogP contribution in [0.2, 0.25) is 0 Å². The van der Waals surface area contributed by atoms with E-state index in [9.17, 15) is 13.2 Å². The molecule has 2 N–H and O–H groups in total. The van der Waals surface area contributed by atoms with Crippen LogP contribution in [0, 0.1) is 0 Å². The Morgan fingerprint density at radius 1 is 1.19 bits per heavy atom. The van der Waals surface area contributed by atoms with Crippen molar-refractivity contribution in [1.82, 2.24) is 5.32 Å². The van der Waals surface area contributed by atoms with E-state index in [0.29, 0.717) is 6.54 Å². The van der Waals surface area contributed by atoms with Crippen molar-refractivity contribution in [3.05, 3.63) is 0 Å². The van der Waals surface area contributed by atoms with E-state index >= 15 is 0 Å². The summed E-state index contributed by atoms with van der Waals surface area (Å²) in [7, 11) is -3.05. The number of hydrogen-bond donors (Lipinski definition) is 2. The van der Waals surface area contributed by atoms with Crippen LogP contribution in [0.1, 0.15) is 32.1 Å². The molecule has 0 atom stereocenters. The van der Waals surface area contributed by atoms with Crippen molar-refractivity contribution in [2.75, 3.05) is 25.2 Å². The largest absolute Gasteiger partial charge is 0.396 e. The van der Waals surface area contributed by atoms with Gasteiger partial charge in [0, 0.05) is 25.8 Å². The fourth-order valence-corrected chi connectivity index (χ4v) is 1.74. The zero-order valence-electron chi connectivity index (χ0n) is 9.74. The third kappa shape index (κ3) is 11.5. The minimum absolute atomic E-state index is 0.0372. The Labute approximate surface area is 97.2 Å². The lowest BCUT2D eigenvalue weighted by molar-refractivity contribution is -0.120. The van der Waals surface area contributed by atoms with E-state index in [1.165, 1.54) is 0 Å². The lowest BCUT2D eigenvalue weighted by Gasteiger charge is -2.04. The number of sulfone groups is 1. The molecule has 5 nitrogen and oxygen atoms in total. The standard InChI is InChI=1S/C10H21NO4S/c1-16(14,15)9-6-10(13)11-7-4-2-3-5-8-12/h12H,2-9H2,1H3,(H,11,13). The normalized spacial score (nSPS) is 11.4. The molecule has 96 valence electrons. The van der Waals surface area contributed by atoms with Gasteiger partial charge in [-0.05, 0) is 12.8 Å². The first-order valence-corrected chi connectivity index (χ1v) is 7.57. The van der Waals surface area contributed by atoms with Crippen LogP contribution < -0.4 is 5.32 Å². The Kier molecular flexibility index (Phi) is 8.19. The minimum atomic E-state index is -3.05. The van der Waals surface area contributed by atoms with Crippen LogP contribution in [0.25, 0.3) is 0 Å². The maximum absolute atomic E-state index is 11.2. The number of rotatable bonds is 9. The Morgan fingerprint density at radius 3 is 2.38 bits per heavy atom. The lowest BCUT2D eigenvalue weighted by atomic mass is 10.2. The number of nitrogens with one attached hydrogen (secondary N) is 1. The van der Waals surface area contributed by atoms with E-state index in [0.717, 1.165) is 31.9 Å². The van der Waals surface area contributed by atoms with E-state index in [1.54, 1.807) is 0 Å². The molecular weight excluding hydrogens is 230 g/mol. The van der Waals surface area contributed by atoms with Crippen molar-refractivity contribution < 1.29 is 18.3 Å². The summed E-state index contributed by atoms with van der Waals surface area (Å²) in [5, 5.41) is 11.2. The smallest absolute Gasteiger partial charge is 0.221 e. The highest BCUT2D eigenvalue weighted by Gasteiger charge is 2.06. The van der Waals surface area contributed by atoms with Gasteiger partial charge in [0.2, 0.25) is 5.91 Å². The van der Waals surface area contributed by atoms with Gasteiger partial charge in [-0.15, -0.1) is 0 Å². The molecule has 0 rings (SSSR count). The van der Waals surface area contributed by atoms with Gasteiger partial charge >= 0.3 is 0 Å². The van der Waals surface area contributed by atoms with Crippen molar-refractivity contribution in [2.24, 2.45) is 0 Å². The second-order valence-electron chi connectivity index (χ2n) is 3.87. The van der Waals surface area contributed by atoms with E-state index in [4.69, 9.17) is 5.11 Å². The topological polar surface area (TPSA) is 83.5 Å². The first-order chi connectivity index (χ1) is 7.45. The fourth-order valence-electron chi connectivity index (χ4n) is 1.18. The van der Waals surface area contributed by atoms with Crippen LogP contribution in [0.5, 0.6) is 0 Å². The quantitative estimate of drug-likeness (QED) is 0.569. The van der Waals surface area contributed by atoms with Gasteiger partial charge in [0.1, 0.15) is 9.84 Å². The summed E-state index contributed by atoms with van der Waals surface area (Å²) < 4.78 is 21.6. The van der Waals surface area contributed by atoms with E-state index in [1.807, 2.05) is 0 Å². The number of hydrogen-bond acceptors (Lipinski definition) is 4. The van der Waals surface area contributed by atoms with Crippen LogP contribution in [0.4, 0.5) is 0 Å². The molecule has 0 aliphatic rings. The molecule has 1 amide bonds. The third-order valence-corrected chi connectivity index (χ3v) is 3.05. The number of aliphatic hydroxyl groups is 1. The van der Waals surface area contributed by atoms with Gasteiger partial charge < -0.3 is 10.4 Å². The van der Waals surface area contributed by atoms with E-state index in [2.05, 4.69) is 5.32 Å². The highest BCUT2D eigenvalue weighted by molar-refractivity contribution is 7.90. The second kappa shape index (κ2) is 8.52. The molecular formula is C10H21NO4S. The first kappa shape index (κ1) is 15.4. The van der Waals surface area contributed by atoms with Crippen molar-refractivity contribution in [2.45, 2.75) is 32.1 Å². The molecule has 0 unspecified atom stereocenters. The van der Waals surface area contributed by atoms with Crippen molar-refractivity contribution in [3.63, 3.8) is 0 Å². The number of amides is 1. The summed E-state index contributed by atoms with van der Waals surface area (Å²) in [5.74, 6) is -0.309. The van der Waals surface area contributed by atoms with Gasteiger partial charge in [-0.25, -0.2) is 8.42 Å². The van der Waals surface area contributed by atoms with Gasteiger partial charge in [-0.1, -0.05) is 12.8 Å². The first-order valence-electron chi connectivity index (χ1n) is 5.51. The van der Waals surface area contributed by atoms with Crippen LogP contribution in [0.3, 0.4) is 0 Å². The molecule has 0 radical (unpaired) electrons.